The van der Waals surface area contributed by atoms with Crippen molar-refractivity contribution in [1.29, 1.82) is 0 Å². The molecule has 1 aromatic heterocycles. The molecule has 0 saturated heterocycles. The normalized spacial score (nSPS) is 10.4. The van der Waals surface area contributed by atoms with E-state index < -0.39 is 0 Å². The highest BCUT2D eigenvalue weighted by Crippen LogP contribution is 2.30. The van der Waals surface area contributed by atoms with Crippen LogP contribution in [-0.2, 0) is 0 Å². The Kier molecular flexibility index (Phi) is 4.65. The Morgan fingerprint density at radius 2 is 1.76 bits per heavy atom. The van der Waals surface area contributed by atoms with Crippen LogP contribution in [0.3, 0.4) is 0 Å². The molecule has 7 heteroatoms. The quantitative estimate of drug-likeness (QED) is 0.767. The second-order valence-corrected chi connectivity index (χ2v) is 5.25. The van der Waals surface area contributed by atoms with Crippen LogP contribution in [-0.4, -0.2) is 30.3 Å². The lowest BCUT2D eigenvalue weighted by Gasteiger charge is -2.10. The van der Waals surface area contributed by atoms with Gasteiger partial charge < -0.3 is 19.3 Å². The Balaban J connectivity index is 1.75. The van der Waals surface area contributed by atoms with Crippen molar-refractivity contribution in [2.45, 2.75) is 6.92 Å². The molecule has 0 aliphatic heterocycles. The number of carbonyl (C=O) groups excluding carboxylic acids is 1. The van der Waals surface area contributed by atoms with Crippen molar-refractivity contribution in [2.75, 3.05) is 19.5 Å². The van der Waals surface area contributed by atoms with Gasteiger partial charge in [-0.15, -0.1) is 0 Å². The summed E-state index contributed by atoms with van der Waals surface area (Å²) in [4.78, 5) is 16.5. The minimum absolute atomic E-state index is 0.236. The van der Waals surface area contributed by atoms with E-state index in [1.165, 1.54) is 0 Å². The first-order chi connectivity index (χ1) is 12.1. The summed E-state index contributed by atoms with van der Waals surface area (Å²) in [6, 6.07) is 12.1. The zero-order valence-corrected chi connectivity index (χ0v) is 14.1. The van der Waals surface area contributed by atoms with Crippen LogP contribution >= 0.6 is 0 Å². The summed E-state index contributed by atoms with van der Waals surface area (Å²) in [5.41, 5.74) is 1.87. The van der Waals surface area contributed by atoms with Gasteiger partial charge in [-0.3, -0.25) is 4.79 Å². The molecule has 0 fully saturated rings. The molecular weight excluding hydrogens is 322 g/mol. The number of aromatic nitrogens is 2. The Labute approximate surface area is 144 Å². The number of nitrogens with one attached hydrogen (secondary N) is 1. The smallest absolute Gasteiger partial charge is 0.257 e. The molecule has 0 atom stereocenters. The average Bonchev–Trinajstić information content (AvgIpc) is 3.08. The van der Waals surface area contributed by atoms with E-state index in [-0.39, 0.29) is 5.91 Å². The van der Waals surface area contributed by atoms with Crippen molar-refractivity contribution in [1.82, 2.24) is 10.1 Å². The maximum atomic E-state index is 12.4. The molecule has 0 aliphatic rings. The number of hydrogen-bond acceptors (Lipinski definition) is 6. The molecule has 0 saturated carbocycles. The van der Waals surface area contributed by atoms with Crippen molar-refractivity contribution < 1.29 is 18.8 Å². The molecule has 0 bridgehead atoms. The molecule has 25 heavy (non-hydrogen) atoms. The number of amides is 1. The summed E-state index contributed by atoms with van der Waals surface area (Å²) in [6.45, 7) is 1.75. The molecule has 128 valence electrons. The van der Waals surface area contributed by atoms with Gasteiger partial charge in [0.05, 0.1) is 14.2 Å². The zero-order chi connectivity index (χ0) is 17.8. The van der Waals surface area contributed by atoms with Crippen molar-refractivity contribution >= 4 is 11.6 Å². The summed E-state index contributed by atoms with van der Waals surface area (Å²) < 4.78 is 15.5. The van der Waals surface area contributed by atoms with Gasteiger partial charge in [0, 0.05) is 22.9 Å². The van der Waals surface area contributed by atoms with Crippen LogP contribution in [0.15, 0.2) is 47.0 Å². The van der Waals surface area contributed by atoms with Gasteiger partial charge in [-0.2, -0.15) is 4.98 Å². The number of rotatable bonds is 5. The van der Waals surface area contributed by atoms with Gasteiger partial charge in [0.2, 0.25) is 0 Å². The number of ether oxygens (including phenoxy) is 2. The molecule has 0 radical (unpaired) electrons. The summed E-state index contributed by atoms with van der Waals surface area (Å²) in [7, 11) is 3.10. The average molecular weight is 339 g/mol. The molecule has 1 heterocycles. The number of carbonyl (C=O) groups is 1. The number of nitrogens with zero attached hydrogens (tertiary/aromatic N) is 2. The van der Waals surface area contributed by atoms with Crippen molar-refractivity contribution in [3.63, 3.8) is 0 Å². The third-order valence-electron chi connectivity index (χ3n) is 3.56. The third kappa shape index (κ3) is 3.60. The minimum atomic E-state index is -0.236. The van der Waals surface area contributed by atoms with Crippen LogP contribution in [0.4, 0.5) is 5.69 Å². The van der Waals surface area contributed by atoms with E-state index in [9.17, 15) is 4.79 Å². The Bertz CT molecular complexity index is 888. The number of anilines is 1. The van der Waals surface area contributed by atoms with Crippen LogP contribution in [0.1, 0.15) is 16.2 Å². The zero-order valence-electron chi connectivity index (χ0n) is 14.1. The third-order valence-corrected chi connectivity index (χ3v) is 3.56. The number of aryl methyl sites for hydroxylation is 1. The fourth-order valence-corrected chi connectivity index (χ4v) is 2.30. The molecule has 0 unspecified atom stereocenters. The summed E-state index contributed by atoms with van der Waals surface area (Å²) in [5.74, 6) is 1.89. The Morgan fingerprint density at radius 1 is 1.04 bits per heavy atom. The highest BCUT2D eigenvalue weighted by Gasteiger charge is 2.11. The second kappa shape index (κ2) is 7.04. The van der Waals surface area contributed by atoms with Crippen molar-refractivity contribution in [3.8, 4) is 23.0 Å². The maximum Gasteiger partial charge on any atom is 0.257 e. The number of hydrogen-bond donors (Lipinski definition) is 1. The largest absolute Gasteiger partial charge is 0.493 e. The van der Waals surface area contributed by atoms with E-state index in [0.717, 1.165) is 5.56 Å². The highest BCUT2D eigenvalue weighted by molar-refractivity contribution is 6.04. The van der Waals surface area contributed by atoms with Gasteiger partial charge in [-0.25, -0.2) is 0 Å². The Hall–Kier alpha value is -3.35. The molecule has 7 nitrogen and oxygen atoms in total. The second-order valence-electron chi connectivity index (χ2n) is 5.25. The lowest BCUT2D eigenvalue weighted by Crippen LogP contribution is -2.11. The molecule has 0 spiro atoms. The van der Waals surface area contributed by atoms with Crippen LogP contribution < -0.4 is 14.8 Å². The lowest BCUT2D eigenvalue weighted by atomic mass is 10.1. The standard InChI is InChI=1S/C18H17N3O4/c1-11-19-18(25-21-11)13-6-4-12(5-7-13)17(22)20-14-8-9-15(23-2)16(10-14)24-3/h4-10H,1-3H3,(H,20,22). The van der Waals surface area contributed by atoms with Crippen LogP contribution in [0.5, 0.6) is 11.5 Å². The van der Waals surface area contributed by atoms with Crippen LogP contribution in [0.25, 0.3) is 11.5 Å². The SMILES string of the molecule is COc1ccc(NC(=O)c2ccc(-c3nc(C)no3)cc2)cc1OC. The van der Waals surface area contributed by atoms with Crippen molar-refractivity contribution in [3.05, 3.63) is 53.9 Å². The van der Waals surface area contributed by atoms with Crippen LogP contribution in [0, 0.1) is 6.92 Å². The van der Waals surface area contributed by atoms with E-state index in [4.69, 9.17) is 14.0 Å². The topological polar surface area (TPSA) is 86.5 Å². The minimum Gasteiger partial charge on any atom is -0.493 e. The highest BCUT2D eigenvalue weighted by atomic mass is 16.5. The van der Waals surface area contributed by atoms with Gasteiger partial charge >= 0.3 is 0 Å². The molecule has 2 aromatic carbocycles. The molecule has 3 aromatic rings. The Morgan fingerprint density at radius 3 is 2.36 bits per heavy atom. The molecular formula is C18H17N3O4. The number of benzene rings is 2. The van der Waals surface area contributed by atoms with Crippen LogP contribution in [0.2, 0.25) is 0 Å². The van der Waals surface area contributed by atoms with E-state index >= 15 is 0 Å². The summed E-state index contributed by atoms with van der Waals surface area (Å²) >= 11 is 0. The monoisotopic (exact) mass is 339 g/mol. The first kappa shape index (κ1) is 16.5. The number of methoxy groups -OCH3 is 2. The van der Waals surface area contributed by atoms with Gasteiger partial charge in [0.25, 0.3) is 11.8 Å². The first-order valence-electron chi connectivity index (χ1n) is 7.55. The van der Waals surface area contributed by atoms with E-state index in [1.54, 1.807) is 63.6 Å². The lowest BCUT2D eigenvalue weighted by molar-refractivity contribution is 0.102. The molecule has 1 N–H and O–H groups in total. The molecule has 1 amide bonds. The predicted molar refractivity (Wildman–Crippen MR) is 92.0 cm³/mol. The summed E-state index contributed by atoms with van der Waals surface area (Å²) in [5, 5.41) is 6.57. The van der Waals surface area contributed by atoms with Gasteiger partial charge in [0.1, 0.15) is 0 Å². The predicted octanol–water partition coefficient (Wildman–Crippen LogP) is 3.31. The van der Waals surface area contributed by atoms with Gasteiger partial charge in [-0.1, -0.05) is 5.16 Å². The molecule has 0 aliphatic carbocycles. The van der Waals surface area contributed by atoms with Gasteiger partial charge in [-0.05, 0) is 43.3 Å². The first-order valence-corrected chi connectivity index (χ1v) is 7.55. The van der Waals surface area contributed by atoms with Crippen molar-refractivity contribution in [2.24, 2.45) is 0 Å². The fraction of sp³-hybridized carbons (Fsp3) is 0.167. The van der Waals surface area contributed by atoms with E-state index in [1.807, 2.05) is 0 Å². The van der Waals surface area contributed by atoms with Gasteiger partial charge in [0.15, 0.2) is 17.3 Å². The molecule has 3 rings (SSSR count). The summed E-state index contributed by atoms with van der Waals surface area (Å²) in [6.07, 6.45) is 0. The van der Waals surface area contributed by atoms with E-state index in [2.05, 4.69) is 15.5 Å². The maximum absolute atomic E-state index is 12.4. The fourth-order valence-electron chi connectivity index (χ4n) is 2.30. The van der Waals surface area contributed by atoms with E-state index in [0.29, 0.717) is 34.5 Å².